The Kier molecular flexibility index (Phi) is 8.10. The van der Waals surface area contributed by atoms with Crippen LogP contribution in [0.2, 0.25) is 0 Å². The van der Waals surface area contributed by atoms with Gasteiger partial charge in [0.05, 0.1) is 47.2 Å². The predicted octanol–water partition coefficient (Wildman–Crippen LogP) is 5.56. The van der Waals surface area contributed by atoms with Gasteiger partial charge in [-0.1, -0.05) is 18.2 Å². The van der Waals surface area contributed by atoms with Gasteiger partial charge in [-0.2, -0.15) is 10.4 Å². The minimum atomic E-state index is -3.61. The second kappa shape index (κ2) is 11.6. The Morgan fingerprint density at radius 3 is 2.42 bits per heavy atom. The van der Waals surface area contributed by atoms with Crippen LogP contribution in [0.25, 0.3) is 22.2 Å². The largest absolute Gasteiger partial charge is 0.432 e. The third-order valence-electron chi connectivity index (χ3n) is 6.96. The number of nitrogens with one attached hydrogen (secondary N) is 1. The number of anilines is 1. The summed E-state index contributed by atoms with van der Waals surface area (Å²) < 4.78 is 53.6. The first kappa shape index (κ1) is 28.1. The van der Waals surface area contributed by atoms with Crippen molar-refractivity contribution in [2.45, 2.75) is 50.6 Å². The van der Waals surface area contributed by atoms with E-state index in [2.05, 4.69) is 25.8 Å². The average Bonchev–Trinajstić information content (AvgIpc) is 3.53. The molecular formula is C27H31N6O5PS. The molecule has 1 N–H and O–H groups in total. The molecule has 0 aliphatic heterocycles. The van der Waals surface area contributed by atoms with Crippen LogP contribution in [0.1, 0.15) is 44.7 Å². The fraction of sp³-hybridized carbons (Fsp3) is 0.370. The summed E-state index contributed by atoms with van der Waals surface area (Å²) in [6.07, 6.45) is 5.80. The number of rotatable bonds is 12. The van der Waals surface area contributed by atoms with Crippen molar-refractivity contribution >= 4 is 34.2 Å². The van der Waals surface area contributed by atoms with Crippen molar-refractivity contribution < 1.29 is 22.0 Å². The Bertz CT molecular complexity index is 1680. The van der Waals surface area contributed by atoms with Crippen molar-refractivity contribution in [3.8, 4) is 17.3 Å². The summed E-state index contributed by atoms with van der Waals surface area (Å²) >= 11 is 0. The van der Waals surface area contributed by atoms with Gasteiger partial charge in [-0.25, -0.2) is 18.0 Å². The summed E-state index contributed by atoms with van der Waals surface area (Å²) in [5.41, 5.74) is 3.30. The van der Waals surface area contributed by atoms with Gasteiger partial charge in [0, 0.05) is 17.1 Å². The Morgan fingerprint density at radius 1 is 1.12 bits per heavy atom. The van der Waals surface area contributed by atoms with Gasteiger partial charge in [0.15, 0.2) is 9.84 Å². The second-order valence-electron chi connectivity index (χ2n) is 9.47. The number of nitrogens with zero attached hydrogens (tertiary/aromatic N) is 5. The minimum Gasteiger partial charge on any atom is -0.336 e. The van der Waals surface area contributed by atoms with Crippen LogP contribution < -0.4 is 5.09 Å². The molecule has 2 heterocycles. The molecule has 0 spiro atoms. The van der Waals surface area contributed by atoms with Crippen LogP contribution >= 0.6 is 7.75 Å². The molecule has 0 bridgehead atoms. The van der Waals surface area contributed by atoms with Crippen molar-refractivity contribution in [1.29, 1.82) is 5.26 Å². The molecule has 210 valence electrons. The molecule has 2 aromatic carbocycles. The monoisotopic (exact) mass is 582 g/mol. The van der Waals surface area contributed by atoms with E-state index in [0.29, 0.717) is 16.6 Å². The highest BCUT2D eigenvalue weighted by atomic mass is 32.2. The highest BCUT2D eigenvalue weighted by molar-refractivity contribution is 7.91. The van der Waals surface area contributed by atoms with Gasteiger partial charge in [-0.3, -0.25) is 18.8 Å². The number of aryl methyl sites for hydroxylation is 1. The van der Waals surface area contributed by atoms with E-state index in [4.69, 9.17) is 9.05 Å². The molecule has 13 heteroatoms. The number of benzene rings is 2. The third kappa shape index (κ3) is 5.56. The van der Waals surface area contributed by atoms with Crippen LogP contribution in [-0.4, -0.2) is 46.7 Å². The highest BCUT2D eigenvalue weighted by Gasteiger charge is 2.29. The number of hydrogen-bond acceptors (Lipinski definition) is 8. The lowest BCUT2D eigenvalue weighted by Gasteiger charge is -2.30. The van der Waals surface area contributed by atoms with Gasteiger partial charge in [0.2, 0.25) is 0 Å². The molecule has 0 amide bonds. The molecule has 1 saturated carbocycles. The molecule has 40 heavy (non-hydrogen) atoms. The molecule has 0 unspecified atom stereocenters. The van der Waals surface area contributed by atoms with Crippen LogP contribution in [0.15, 0.2) is 60.0 Å². The maximum atomic E-state index is 13.2. The first-order chi connectivity index (χ1) is 19.3. The van der Waals surface area contributed by atoms with E-state index in [9.17, 15) is 18.2 Å². The smallest absolute Gasteiger partial charge is 0.336 e. The van der Waals surface area contributed by atoms with E-state index in [1.54, 1.807) is 44.2 Å². The normalized spacial score (nSPS) is 14.2. The van der Waals surface area contributed by atoms with Gasteiger partial charge >= 0.3 is 7.75 Å². The van der Waals surface area contributed by atoms with E-state index in [1.165, 1.54) is 17.3 Å². The number of aromatic nitrogens is 4. The summed E-state index contributed by atoms with van der Waals surface area (Å²) in [5.74, 6) is -0.119. The SMILES string of the molecule is CCOP(=O)(Nc1ccc(-c2c(C#N)c3ccc(S(=O)(=O)CCn4cncn4)cc3n2C2CCC2)cc1)OCC. The van der Waals surface area contributed by atoms with Gasteiger partial charge < -0.3 is 4.57 Å². The molecule has 4 aromatic rings. The van der Waals surface area contributed by atoms with Gasteiger partial charge in [0.1, 0.15) is 18.7 Å². The van der Waals surface area contributed by atoms with Crippen LogP contribution in [0.5, 0.6) is 0 Å². The standard InChI is InChI=1S/C27H31N6O5PS/c1-3-37-39(34,38-4-2)31-21-10-8-20(9-11-21)27-25(17-28)24-13-12-23(16-26(24)33(27)22-6-5-7-22)40(35,36)15-14-32-19-29-18-30-32/h8-13,16,18-19,22H,3-7,14-15H2,1-2H3,(H,31,34). The molecule has 1 aliphatic rings. The number of nitriles is 1. The van der Waals surface area contributed by atoms with Crippen molar-refractivity contribution in [2.75, 3.05) is 24.1 Å². The molecule has 2 aromatic heterocycles. The zero-order valence-corrected chi connectivity index (χ0v) is 24.1. The molecule has 1 aliphatic carbocycles. The topological polar surface area (TPSA) is 141 Å². The van der Waals surface area contributed by atoms with Gasteiger partial charge in [-0.05, 0) is 62.9 Å². The fourth-order valence-corrected chi connectivity index (χ4v) is 7.47. The maximum absolute atomic E-state index is 13.2. The van der Waals surface area contributed by atoms with Crippen molar-refractivity contribution in [1.82, 2.24) is 19.3 Å². The molecule has 0 atom stereocenters. The number of fused-ring (bicyclic) bond motifs is 1. The van der Waals surface area contributed by atoms with Crippen molar-refractivity contribution in [3.05, 3.63) is 60.7 Å². The van der Waals surface area contributed by atoms with E-state index in [0.717, 1.165) is 36.0 Å². The lowest BCUT2D eigenvalue weighted by molar-refractivity contribution is 0.225. The molecular weight excluding hydrogens is 551 g/mol. The lowest BCUT2D eigenvalue weighted by atomic mass is 9.92. The van der Waals surface area contributed by atoms with Crippen molar-refractivity contribution in [2.24, 2.45) is 0 Å². The van der Waals surface area contributed by atoms with E-state index in [-0.39, 0.29) is 36.4 Å². The van der Waals surface area contributed by atoms with Crippen LogP contribution in [0.3, 0.4) is 0 Å². The predicted molar refractivity (Wildman–Crippen MR) is 152 cm³/mol. The Morgan fingerprint density at radius 2 is 1.85 bits per heavy atom. The van der Waals surface area contributed by atoms with E-state index >= 15 is 0 Å². The first-order valence-electron chi connectivity index (χ1n) is 13.2. The summed E-state index contributed by atoms with van der Waals surface area (Å²) in [7, 11) is -7.11. The first-order valence-corrected chi connectivity index (χ1v) is 16.4. The zero-order chi connectivity index (χ0) is 28.3. The number of hydrogen-bond donors (Lipinski definition) is 1. The van der Waals surface area contributed by atoms with Gasteiger partial charge in [-0.15, -0.1) is 0 Å². The van der Waals surface area contributed by atoms with E-state index < -0.39 is 17.6 Å². The van der Waals surface area contributed by atoms with Gasteiger partial charge in [0.25, 0.3) is 0 Å². The Labute approximate surface area is 233 Å². The zero-order valence-electron chi connectivity index (χ0n) is 22.4. The van der Waals surface area contributed by atoms with E-state index in [1.807, 2.05) is 12.1 Å². The molecule has 11 nitrogen and oxygen atoms in total. The Hall–Kier alpha value is -3.49. The molecule has 1 fully saturated rings. The average molecular weight is 583 g/mol. The van der Waals surface area contributed by atoms with Crippen LogP contribution in [-0.2, 0) is 30.0 Å². The summed E-state index contributed by atoms with van der Waals surface area (Å²) in [4.78, 5) is 4.07. The lowest BCUT2D eigenvalue weighted by Crippen LogP contribution is -2.18. The quantitative estimate of drug-likeness (QED) is 0.212. The fourth-order valence-electron chi connectivity index (χ4n) is 4.89. The molecule has 0 radical (unpaired) electrons. The number of sulfone groups is 1. The maximum Gasteiger partial charge on any atom is 0.432 e. The minimum absolute atomic E-state index is 0.119. The third-order valence-corrected chi connectivity index (χ3v) is 10.4. The van der Waals surface area contributed by atoms with Crippen LogP contribution in [0.4, 0.5) is 5.69 Å². The summed E-state index contributed by atoms with van der Waals surface area (Å²) in [6, 6.07) is 14.7. The summed E-state index contributed by atoms with van der Waals surface area (Å²) in [6.45, 7) is 4.14. The second-order valence-corrected chi connectivity index (χ2v) is 13.3. The van der Waals surface area contributed by atoms with Crippen LogP contribution in [0, 0.1) is 11.3 Å². The summed E-state index contributed by atoms with van der Waals surface area (Å²) in [5, 5.41) is 17.8. The Balaban J connectivity index is 1.54. The molecule has 0 saturated heterocycles. The molecule has 5 rings (SSSR count). The van der Waals surface area contributed by atoms with Crippen molar-refractivity contribution in [3.63, 3.8) is 0 Å². The highest BCUT2D eigenvalue weighted by Crippen LogP contribution is 2.48.